The maximum atomic E-state index is 11.8. The van der Waals surface area contributed by atoms with Crippen LogP contribution in [0.2, 0.25) is 0 Å². The Balaban J connectivity index is 0.000000143. The third-order valence-electron chi connectivity index (χ3n) is 16.5. The van der Waals surface area contributed by atoms with Crippen molar-refractivity contribution in [1.82, 2.24) is 10.6 Å². The highest BCUT2D eigenvalue weighted by atomic mass is 16.4. The van der Waals surface area contributed by atoms with Gasteiger partial charge in [-0.3, -0.25) is 14.4 Å². The van der Waals surface area contributed by atoms with Crippen LogP contribution in [0.1, 0.15) is 131 Å². The van der Waals surface area contributed by atoms with Crippen LogP contribution in [0.25, 0.3) is 0 Å². The zero-order chi connectivity index (χ0) is 31.2. The second-order valence-electron chi connectivity index (χ2n) is 17.8. The molecule has 0 aromatic rings. The van der Waals surface area contributed by atoms with Crippen molar-refractivity contribution in [2.24, 2.45) is 69.0 Å². The summed E-state index contributed by atoms with van der Waals surface area (Å²) < 4.78 is 0. The van der Waals surface area contributed by atoms with Crippen LogP contribution >= 0.6 is 0 Å². The van der Waals surface area contributed by atoms with Gasteiger partial charge in [0.05, 0.1) is 5.92 Å². The lowest BCUT2D eigenvalue weighted by Gasteiger charge is -2.60. The first-order valence-corrected chi connectivity index (χ1v) is 18.3. The molecule has 13 atom stereocenters. The molecule has 2 amide bonds. The van der Waals surface area contributed by atoms with E-state index in [1.54, 1.807) is 0 Å². The van der Waals surface area contributed by atoms with Gasteiger partial charge in [0.2, 0.25) is 11.8 Å². The van der Waals surface area contributed by atoms with Crippen molar-refractivity contribution < 1.29 is 19.5 Å². The standard InChI is InChI=1S/C19H29NO3.C19H29NO/c1-18-9-7-13-11(12(18)4-5-14(18)17(22)23)3-6-15-19(13,2)10-8-16(21)20-15;1-12-4-6-14-13-5-7-16-19(3,11-9-17(21)20-16)15(13)8-10-18(12,14)2/h11-15H,3-10H2,1-2H3,(H,20,21)(H,22,23);7,12-15H,4-6,8-11H2,1-3H3,(H,20,21)/t11-,12-,13-,14+,15+,18-,19+;12-,13-,14-,15-,18+,19+/m00/s1. The van der Waals surface area contributed by atoms with Crippen molar-refractivity contribution in [3.05, 3.63) is 11.8 Å². The first kappa shape index (κ1) is 30.8. The highest BCUT2D eigenvalue weighted by Gasteiger charge is 2.62. The summed E-state index contributed by atoms with van der Waals surface area (Å²) in [6, 6.07) is 0.339. The van der Waals surface area contributed by atoms with E-state index >= 15 is 0 Å². The third-order valence-corrected chi connectivity index (χ3v) is 16.5. The van der Waals surface area contributed by atoms with E-state index in [-0.39, 0.29) is 34.0 Å². The molecule has 3 N–H and O–H groups in total. The molecule has 2 heterocycles. The van der Waals surface area contributed by atoms with Gasteiger partial charge in [-0.15, -0.1) is 0 Å². The molecule has 0 bridgehead atoms. The summed E-state index contributed by atoms with van der Waals surface area (Å²) in [5, 5.41) is 16.1. The molecule has 0 spiro atoms. The summed E-state index contributed by atoms with van der Waals surface area (Å²) >= 11 is 0. The van der Waals surface area contributed by atoms with Crippen molar-refractivity contribution in [3.63, 3.8) is 0 Å². The molecule has 244 valence electrons. The van der Waals surface area contributed by atoms with Gasteiger partial charge in [0.1, 0.15) is 0 Å². The molecule has 0 radical (unpaired) electrons. The fourth-order valence-corrected chi connectivity index (χ4v) is 13.6. The smallest absolute Gasteiger partial charge is 0.307 e. The number of carboxylic acid groups (broad SMARTS) is 1. The predicted octanol–water partition coefficient (Wildman–Crippen LogP) is 7.48. The molecule has 2 aliphatic heterocycles. The Kier molecular flexibility index (Phi) is 7.41. The number of carbonyl (C=O) groups is 3. The lowest BCUT2D eigenvalue weighted by molar-refractivity contribution is -0.152. The van der Waals surface area contributed by atoms with Gasteiger partial charge in [-0.05, 0) is 141 Å². The monoisotopic (exact) mass is 606 g/mol. The van der Waals surface area contributed by atoms with Crippen LogP contribution in [-0.4, -0.2) is 28.9 Å². The molecule has 0 aromatic heterocycles. The van der Waals surface area contributed by atoms with Crippen molar-refractivity contribution in [1.29, 1.82) is 0 Å². The van der Waals surface area contributed by atoms with Gasteiger partial charge in [-0.2, -0.15) is 0 Å². The Bertz CT molecular complexity index is 1250. The molecule has 6 nitrogen and oxygen atoms in total. The number of hydrogen-bond acceptors (Lipinski definition) is 3. The Labute approximate surface area is 265 Å². The van der Waals surface area contributed by atoms with Crippen LogP contribution < -0.4 is 10.6 Å². The summed E-state index contributed by atoms with van der Waals surface area (Å²) in [5.41, 5.74) is 2.30. The molecular weight excluding hydrogens is 548 g/mol. The van der Waals surface area contributed by atoms with Crippen molar-refractivity contribution >= 4 is 17.8 Å². The second kappa shape index (κ2) is 10.6. The van der Waals surface area contributed by atoms with Crippen LogP contribution in [-0.2, 0) is 14.4 Å². The molecule has 5 saturated carbocycles. The summed E-state index contributed by atoms with van der Waals surface area (Å²) in [5.74, 6) is 5.07. The fourth-order valence-electron chi connectivity index (χ4n) is 13.6. The Morgan fingerprint density at radius 3 is 2.16 bits per heavy atom. The molecule has 0 unspecified atom stereocenters. The van der Waals surface area contributed by atoms with Gasteiger partial charge in [-0.1, -0.05) is 40.7 Å². The van der Waals surface area contributed by atoms with Gasteiger partial charge in [0.15, 0.2) is 0 Å². The average molecular weight is 607 g/mol. The summed E-state index contributed by atoms with van der Waals surface area (Å²) in [7, 11) is 0. The summed E-state index contributed by atoms with van der Waals surface area (Å²) in [6.45, 7) is 12.1. The number of nitrogens with one attached hydrogen (secondary N) is 2. The summed E-state index contributed by atoms with van der Waals surface area (Å²) in [6.07, 6.45) is 19.0. The third kappa shape index (κ3) is 4.41. The highest BCUT2D eigenvalue weighted by molar-refractivity contribution is 5.79. The molecule has 2 saturated heterocycles. The first-order valence-electron chi connectivity index (χ1n) is 18.3. The topological polar surface area (TPSA) is 95.5 Å². The largest absolute Gasteiger partial charge is 0.481 e. The van der Waals surface area contributed by atoms with Crippen LogP contribution in [0.15, 0.2) is 11.8 Å². The molecule has 7 fully saturated rings. The Hall–Kier alpha value is -1.85. The van der Waals surface area contributed by atoms with E-state index in [4.69, 9.17) is 0 Å². The number of hydrogen-bond donors (Lipinski definition) is 3. The molecule has 0 aromatic carbocycles. The quantitative estimate of drug-likeness (QED) is 0.288. The van der Waals surface area contributed by atoms with Gasteiger partial charge in [0.25, 0.3) is 0 Å². The van der Waals surface area contributed by atoms with Crippen molar-refractivity contribution in [2.45, 2.75) is 137 Å². The minimum Gasteiger partial charge on any atom is -0.481 e. The maximum Gasteiger partial charge on any atom is 0.307 e. The van der Waals surface area contributed by atoms with Crippen LogP contribution in [0, 0.1) is 69.0 Å². The van der Waals surface area contributed by atoms with E-state index in [1.807, 2.05) is 0 Å². The molecule has 6 heteroatoms. The Morgan fingerprint density at radius 2 is 1.39 bits per heavy atom. The minimum absolute atomic E-state index is 0.00584. The number of amides is 2. The van der Waals surface area contributed by atoms with Crippen molar-refractivity contribution in [3.8, 4) is 0 Å². The van der Waals surface area contributed by atoms with Crippen molar-refractivity contribution in [2.75, 3.05) is 0 Å². The Morgan fingerprint density at radius 1 is 0.727 bits per heavy atom. The van der Waals surface area contributed by atoms with Gasteiger partial charge in [0, 0.05) is 30.0 Å². The first-order chi connectivity index (χ1) is 20.8. The maximum absolute atomic E-state index is 11.8. The van der Waals surface area contributed by atoms with Crippen LogP contribution in [0.4, 0.5) is 0 Å². The normalized spacial score (nSPS) is 52.2. The van der Waals surface area contributed by atoms with Crippen LogP contribution in [0.5, 0.6) is 0 Å². The van der Waals surface area contributed by atoms with Gasteiger partial charge < -0.3 is 15.7 Å². The number of fused-ring (bicyclic) bond motifs is 10. The van der Waals surface area contributed by atoms with Gasteiger partial charge in [-0.25, -0.2) is 0 Å². The lowest BCUT2D eigenvalue weighted by Crippen LogP contribution is -2.61. The number of carbonyl (C=O) groups excluding carboxylic acids is 2. The number of rotatable bonds is 1. The number of piperidine rings is 2. The zero-order valence-corrected chi connectivity index (χ0v) is 28.1. The van der Waals surface area contributed by atoms with E-state index in [9.17, 15) is 19.5 Å². The zero-order valence-electron chi connectivity index (χ0n) is 28.1. The highest BCUT2D eigenvalue weighted by Crippen LogP contribution is 2.66. The summed E-state index contributed by atoms with van der Waals surface area (Å²) in [4.78, 5) is 35.2. The van der Waals surface area contributed by atoms with E-state index in [0.717, 1.165) is 81.5 Å². The van der Waals surface area contributed by atoms with E-state index < -0.39 is 5.97 Å². The fraction of sp³-hybridized carbons (Fsp3) is 0.868. The molecular formula is C38H58N2O4. The molecule has 8 rings (SSSR count). The second-order valence-corrected chi connectivity index (χ2v) is 17.8. The lowest BCUT2D eigenvalue weighted by atomic mass is 9.47. The van der Waals surface area contributed by atoms with E-state index in [0.29, 0.717) is 35.6 Å². The predicted molar refractivity (Wildman–Crippen MR) is 171 cm³/mol. The number of carboxylic acids is 1. The average Bonchev–Trinajstić information content (AvgIpc) is 3.50. The molecule has 8 aliphatic rings. The number of allylic oxidation sites excluding steroid dienone is 2. The SMILES string of the molecule is C[C@H]1CC[C@H]2[C@@H]3CC=C4NC(=O)CC[C@]4(C)[C@H]3CC[C@]12C.C[C@]12CCC(=O)N[C@@H]1CC[C@@H]1[C@@H]2CC[C@]2(C)[C@@H](C(=O)O)CC[C@@H]12. The van der Waals surface area contributed by atoms with Gasteiger partial charge >= 0.3 is 5.97 Å². The van der Waals surface area contributed by atoms with E-state index in [1.165, 1.54) is 37.8 Å². The molecule has 6 aliphatic carbocycles. The number of aliphatic carboxylic acids is 1. The van der Waals surface area contributed by atoms with E-state index in [2.05, 4.69) is 51.3 Å². The minimum atomic E-state index is -0.585. The molecule has 44 heavy (non-hydrogen) atoms. The van der Waals surface area contributed by atoms with Crippen LogP contribution in [0.3, 0.4) is 0 Å².